The molecule has 0 saturated heterocycles. The Morgan fingerprint density at radius 1 is 1.00 bits per heavy atom. The largest absolute Gasteiger partial charge is 0.425 e. The average molecular weight is 350 g/mol. The first-order chi connectivity index (χ1) is 9.26. The summed E-state index contributed by atoms with van der Waals surface area (Å²) in [5.41, 5.74) is 0. The van der Waals surface area contributed by atoms with Crippen LogP contribution in [0.15, 0.2) is 0 Å². The molecule has 0 spiro atoms. The van der Waals surface area contributed by atoms with Crippen molar-refractivity contribution < 1.29 is 44.3 Å². The molecule has 21 heavy (non-hydrogen) atoms. The number of thioether (sulfide) groups is 1. The van der Waals surface area contributed by atoms with Crippen molar-refractivity contribution in [1.29, 1.82) is 0 Å². The lowest BCUT2D eigenvalue weighted by Crippen LogP contribution is -2.54. The molecule has 2 atom stereocenters. The first-order valence-corrected chi connectivity index (χ1v) is 6.51. The summed E-state index contributed by atoms with van der Waals surface area (Å²) in [7, 11) is 0. The van der Waals surface area contributed by atoms with E-state index in [0.29, 0.717) is 11.8 Å². The topological polar surface area (TPSA) is 17.1 Å². The van der Waals surface area contributed by atoms with Crippen LogP contribution in [0.1, 0.15) is 19.8 Å². The molecule has 11 heteroatoms. The van der Waals surface area contributed by atoms with Gasteiger partial charge in [-0.1, -0.05) is 18.7 Å². The van der Waals surface area contributed by atoms with Gasteiger partial charge in [0.1, 0.15) is 0 Å². The zero-order valence-electron chi connectivity index (χ0n) is 10.5. The molecule has 2 unspecified atom stereocenters. The third kappa shape index (κ3) is 5.59. The quantitative estimate of drug-likeness (QED) is 0.627. The normalized spacial score (nSPS) is 16.7. The molecule has 0 aliphatic rings. The molecule has 0 fully saturated rings. The van der Waals surface area contributed by atoms with Gasteiger partial charge in [0.2, 0.25) is 6.17 Å². The van der Waals surface area contributed by atoms with E-state index in [1.165, 1.54) is 6.92 Å². The molecule has 0 heterocycles. The first-order valence-electron chi connectivity index (χ1n) is 5.53. The van der Waals surface area contributed by atoms with Gasteiger partial charge in [0, 0.05) is 18.6 Å². The molecule has 0 saturated carbocycles. The van der Waals surface area contributed by atoms with E-state index in [4.69, 9.17) is 0 Å². The van der Waals surface area contributed by atoms with Crippen molar-refractivity contribution in [2.45, 2.75) is 50.1 Å². The maximum absolute atomic E-state index is 13.1. The highest BCUT2D eigenvalue weighted by Gasteiger charge is 2.67. The lowest BCUT2D eigenvalue weighted by molar-refractivity contribution is -0.282. The summed E-state index contributed by atoms with van der Waals surface area (Å²) < 4.78 is 113. The summed E-state index contributed by atoms with van der Waals surface area (Å²) >= 11 is 0.299. The van der Waals surface area contributed by atoms with Crippen molar-refractivity contribution in [3.8, 4) is 0 Å². The Morgan fingerprint density at radius 3 is 1.86 bits per heavy atom. The van der Waals surface area contributed by atoms with Crippen LogP contribution in [0.4, 0.5) is 39.5 Å². The van der Waals surface area contributed by atoms with E-state index in [9.17, 15) is 44.3 Å². The molecule has 0 aromatic carbocycles. The fourth-order valence-electron chi connectivity index (χ4n) is 1.16. The number of carbonyl (C=O) groups excluding carboxylic acids is 1. The number of carbonyl (C=O) groups is 1. The fraction of sp³-hybridized carbons (Fsp3) is 0.900. The standard InChI is InChI=1S/C10H11F9OS/c1-2-5(20)21-4-3-8(13,14)6(11)9(15,16)7(12)10(17,18)19/h6-7H,2-4H2,1H3. The molecule has 0 N–H and O–H groups in total. The molecule has 1 nitrogen and oxygen atoms in total. The maximum Gasteiger partial charge on any atom is 0.425 e. The van der Waals surface area contributed by atoms with Crippen molar-refractivity contribution in [3.05, 3.63) is 0 Å². The Morgan fingerprint density at radius 2 is 1.48 bits per heavy atom. The van der Waals surface area contributed by atoms with E-state index in [2.05, 4.69) is 0 Å². The molecule has 0 bridgehead atoms. The SMILES string of the molecule is CCC(=O)SCCC(F)(F)C(F)C(F)(F)C(F)C(F)(F)F. The van der Waals surface area contributed by atoms with Gasteiger partial charge in [-0.05, 0) is 0 Å². The molecule has 0 aromatic rings. The smallest absolute Gasteiger partial charge is 0.287 e. The summed E-state index contributed by atoms with van der Waals surface area (Å²) in [6.07, 6.45) is -17.5. The third-order valence-corrected chi connectivity index (χ3v) is 3.34. The second kappa shape index (κ2) is 7.10. The van der Waals surface area contributed by atoms with Gasteiger partial charge in [-0.15, -0.1) is 0 Å². The molecule has 0 rings (SSSR count). The van der Waals surface area contributed by atoms with E-state index < -0.39 is 47.7 Å². The van der Waals surface area contributed by atoms with Crippen LogP contribution in [-0.4, -0.2) is 41.2 Å². The van der Waals surface area contributed by atoms with Crippen LogP contribution >= 0.6 is 11.8 Å². The highest BCUT2D eigenvalue weighted by Crippen LogP contribution is 2.44. The van der Waals surface area contributed by atoms with E-state index in [1.54, 1.807) is 0 Å². The summed E-state index contributed by atoms with van der Waals surface area (Å²) in [5, 5.41) is -0.577. The summed E-state index contributed by atoms with van der Waals surface area (Å²) in [6.45, 7) is 1.39. The van der Waals surface area contributed by atoms with Gasteiger partial charge in [0.05, 0.1) is 0 Å². The summed E-state index contributed by atoms with van der Waals surface area (Å²) in [4.78, 5) is 10.8. The van der Waals surface area contributed by atoms with E-state index in [1.807, 2.05) is 0 Å². The van der Waals surface area contributed by atoms with Crippen LogP contribution in [0.2, 0.25) is 0 Å². The van der Waals surface area contributed by atoms with E-state index in [-0.39, 0.29) is 6.42 Å². The highest BCUT2D eigenvalue weighted by atomic mass is 32.2. The van der Waals surface area contributed by atoms with E-state index in [0.717, 1.165) is 0 Å². The Bertz CT molecular complexity index is 355. The van der Waals surface area contributed by atoms with Crippen LogP contribution in [-0.2, 0) is 4.79 Å². The Hall–Kier alpha value is -0.610. The number of alkyl halides is 9. The Balaban J connectivity index is 4.86. The van der Waals surface area contributed by atoms with Crippen LogP contribution in [0.5, 0.6) is 0 Å². The lowest BCUT2D eigenvalue weighted by Gasteiger charge is -2.30. The van der Waals surface area contributed by atoms with Crippen LogP contribution in [0.25, 0.3) is 0 Å². The van der Waals surface area contributed by atoms with Crippen molar-refractivity contribution in [2.24, 2.45) is 0 Å². The van der Waals surface area contributed by atoms with Gasteiger partial charge < -0.3 is 0 Å². The van der Waals surface area contributed by atoms with Gasteiger partial charge >= 0.3 is 12.1 Å². The number of hydrogen-bond acceptors (Lipinski definition) is 2. The van der Waals surface area contributed by atoms with Crippen LogP contribution in [0, 0.1) is 0 Å². The molecule has 0 amide bonds. The van der Waals surface area contributed by atoms with E-state index >= 15 is 0 Å². The minimum Gasteiger partial charge on any atom is -0.287 e. The molecular weight excluding hydrogens is 339 g/mol. The van der Waals surface area contributed by atoms with Gasteiger partial charge in [-0.25, -0.2) is 17.6 Å². The molecule has 126 valence electrons. The van der Waals surface area contributed by atoms with Gasteiger partial charge in [0.25, 0.3) is 12.1 Å². The molecule has 0 aliphatic carbocycles. The van der Waals surface area contributed by atoms with Gasteiger partial charge in [-0.2, -0.15) is 22.0 Å². The van der Waals surface area contributed by atoms with Crippen molar-refractivity contribution in [2.75, 3.05) is 5.75 Å². The highest BCUT2D eigenvalue weighted by molar-refractivity contribution is 8.13. The van der Waals surface area contributed by atoms with Crippen molar-refractivity contribution >= 4 is 16.9 Å². The molecule has 0 aromatic heterocycles. The predicted molar refractivity (Wildman–Crippen MR) is 58.1 cm³/mol. The Labute approximate surface area is 118 Å². The lowest BCUT2D eigenvalue weighted by atomic mass is 10.0. The Kier molecular flexibility index (Phi) is 6.89. The minimum atomic E-state index is -6.17. The number of rotatable bonds is 7. The average Bonchev–Trinajstić information content (AvgIpc) is 2.35. The summed E-state index contributed by atoms with van der Waals surface area (Å²) in [5.74, 6) is -11.6. The van der Waals surface area contributed by atoms with Crippen molar-refractivity contribution in [3.63, 3.8) is 0 Å². The first kappa shape index (κ1) is 20.4. The minimum absolute atomic E-state index is 0.0495. The predicted octanol–water partition coefficient (Wildman–Crippen LogP) is 4.56. The molecule has 0 radical (unpaired) electrons. The second-order valence-electron chi connectivity index (χ2n) is 4.03. The molecule has 0 aliphatic heterocycles. The van der Waals surface area contributed by atoms with Crippen LogP contribution in [0.3, 0.4) is 0 Å². The molecular formula is C10H11F9OS. The summed E-state index contributed by atoms with van der Waals surface area (Å²) in [6, 6.07) is 0. The second-order valence-corrected chi connectivity index (χ2v) is 5.18. The number of hydrogen-bond donors (Lipinski definition) is 0. The zero-order valence-corrected chi connectivity index (χ0v) is 11.3. The van der Waals surface area contributed by atoms with Gasteiger partial charge in [0.15, 0.2) is 5.12 Å². The van der Waals surface area contributed by atoms with Crippen molar-refractivity contribution in [1.82, 2.24) is 0 Å². The fourth-order valence-corrected chi connectivity index (χ4v) is 1.96. The van der Waals surface area contributed by atoms with Gasteiger partial charge in [-0.3, -0.25) is 4.79 Å². The number of halogens is 9. The zero-order chi connectivity index (χ0) is 17.1. The maximum atomic E-state index is 13.1. The third-order valence-electron chi connectivity index (χ3n) is 2.32. The van der Waals surface area contributed by atoms with Crippen LogP contribution < -0.4 is 0 Å². The monoisotopic (exact) mass is 350 g/mol.